The van der Waals surface area contributed by atoms with Crippen molar-refractivity contribution in [2.24, 2.45) is 17.8 Å². The summed E-state index contributed by atoms with van der Waals surface area (Å²) in [6.07, 6.45) is 4.85. The molecule has 1 rings (SSSR count). The van der Waals surface area contributed by atoms with Crippen LogP contribution in [0.25, 0.3) is 0 Å². The van der Waals surface area contributed by atoms with Crippen molar-refractivity contribution in [3.8, 4) is 0 Å². The molecule has 1 heteroatoms. The van der Waals surface area contributed by atoms with Gasteiger partial charge < -0.3 is 5.11 Å². The van der Waals surface area contributed by atoms with Gasteiger partial charge in [0.2, 0.25) is 0 Å². The summed E-state index contributed by atoms with van der Waals surface area (Å²) in [5, 5.41) is 9.55. The molecular formula is C11H22O. The quantitative estimate of drug-likeness (QED) is 0.690. The van der Waals surface area contributed by atoms with E-state index in [1.54, 1.807) is 0 Å². The molecule has 0 aromatic heterocycles. The Morgan fingerprint density at radius 3 is 2.50 bits per heavy atom. The molecule has 1 saturated carbocycles. The zero-order chi connectivity index (χ0) is 9.14. The molecule has 0 aromatic carbocycles. The monoisotopic (exact) mass is 170 g/mol. The van der Waals surface area contributed by atoms with Crippen molar-refractivity contribution >= 4 is 0 Å². The second-order valence-electron chi connectivity index (χ2n) is 4.51. The second-order valence-corrected chi connectivity index (χ2v) is 4.51. The van der Waals surface area contributed by atoms with Crippen molar-refractivity contribution in [1.29, 1.82) is 0 Å². The van der Waals surface area contributed by atoms with Crippen LogP contribution in [0.2, 0.25) is 0 Å². The zero-order valence-electron chi connectivity index (χ0n) is 8.59. The number of hydrogen-bond donors (Lipinski definition) is 1. The maximum atomic E-state index is 9.55. The zero-order valence-corrected chi connectivity index (χ0v) is 8.59. The molecule has 0 aliphatic heterocycles. The Kier molecular flexibility index (Phi) is 3.57. The van der Waals surface area contributed by atoms with Crippen LogP contribution >= 0.6 is 0 Å². The molecule has 72 valence electrons. The summed E-state index contributed by atoms with van der Waals surface area (Å²) in [6.45, 7) is 6.77. The molecule has 0 aromatic rings. The molecule has 1 aliphatic rings. The van der Waals surface area contributed by atoms with Crippen molar-refractivity contribution in [2.75, 3.05) is 0 Å². The Morgan fingerprint density at radius 2 is 2.08 bits per heavy atom. The highest BCUT2D eigenvalue weighted by atomic mass is 16.3. The highest BCUT2D eigenvalue weighted by Crippen LogP contribution is 2.36. The third kappa shape index (κ3) is 2.22. The van der Waals surface area contributed by atoms with E-state index >= 15 is 0 Å². The van der Waals surface area contributed by atoms with Gasteiger partial charge in [-0.05, 0) is 37.0 Å². The van der Waals surface area contributed by atoms with E-state index < -0.39 is 0 Å². The van der Waals surface area contributed by atoms with Crippen LogP contribution in [0.5, 0.6) is 0 Å². The van der Waals surface area contributed by atoms with Crippen molar-refractivity contribution in [3.63, 3.8) is 0 Å². The van der Waals surface area contributed by atoms with Gasteiger partial charge in [-0.25, -0.2) is 0 Å². The molecule has 1 aliphatic carbocycles. The summed E-state index contributed by atoms with van der Waals surface area (Å²) in [6, 6.07) is 0. The Labute approximate surface area is 76.2 Å². The van der Waals surface area contributed by atoms with Gasteiger partial charge in [0.1, 0.15) is 0 Å². The van der Waals surface area contributed by atoms with Crippen molar-refractivity contribution in [3.05, 3.63) is 0 Å². The summed E-state index contributed by atoms with van der Waals surface area (Å²) in [5.41, 5.74) is 0. The fourth-order valence-electron chi connectivity index (χ4n) is 2.24. The third-order valence-electron chi connectivity index (χ3n) is 3.59. The first-order chi connectivity index (χ1) is 5.65. The molecule has 0 spiro atoms. The smallest absolute Gasteiger partial charge is 0.0568 e. The van der Waals surface area contributed by atoms with Crippen LogP contribution in [-0.2, 0) is 0 Å². The summed E-state index contributed by atoms with van der Waals surface area (Å²) < 4.78 is 0. The average molecular weight is 170 g/mol. The largest absolute Gasteiger partial charge is 0.393 e. The van der Waals surface area contributed by atoms with E-state index in [0.717, 1.165) is 18.3 Å². The van der Waals surface area contributed by atoms with Gasteiger partial charge in [0.25, 0.3) is 0 Å². The van der Waals surface area contributed by atoms with Crippen LogP contribution in [0.1, 0.15) is 46.5 Å². The molecule has 4 atom stereocenters. The van der Waals surface area contributed by atoms with Gasteiger partial charge in [0.05, 0.1) is 6.10 Å². The topological polar surface area (TPSA) is 20.2 Å². The van der Waals surface area contributed by atoms with Crippen LogP contribution in [-0.4, -0.2) is 11.2 Å². The van der Waals surface area contributed by atoms with E-state index in [4.69, 9.17) is 0 Å². The average Bonchev–Trinajstić information content (AvgIpc) is 2.36. The fraction of sp³-hybridized carbons (Fsp3) is 1.00. The van der Waals surface area contributed by atoms with Crippen molar-refractivity contribution in [1.82, 2.24) is 0 Å². The van der Waals surface area contributed by atoms with E-state index in [9.17, 15) is 5.11 Å². The Bertz CT molecular complexity index is 133. The van der Waals surface area contributed by atoms with Gasteiger partial charge >= 0.3 is 0 Å². The summed E-state index contributed by atoms with van der Waals surface area (Å²) in [7, 11) is 0. The fourth-order valence-corrected chi connectivity index (χ4v) is 2.24. The van der Waals surface area contributed by atoms with Gasteiger partial charge in [0, 0.05) is 0 Å². The molecule has 1 nitrogen and oxygen atoms in total. The molecule has 1 N–H and O–H groups in total. The van der Waals surface area contributed by atoms with Gasteiger partial charge in [-0.3, -0.25) is 0 Å². The van der Waals surface area contributed by atoms with E-state index in [-0.39, 0.29) is 6.10 Å². The molecule has 4 unspecified atom stereocenters. The maximum absolute atomic E-state index is 9.55. The predicted molar refractivity (Wildman–Crippen MR) is 52.0 cm³/mol. The summed E-state index contributed by atoms with van der Waals surface area (Å²) in [5.74, 6) is 2.16. The molecular weight excluding hydrogens is 148 g/mol. The second kappa shape index (κ2) is 4.27. The number of hydrogen-bond acceptors (Lipinski definition) is 1. The lowest BCUT2D eigenvalue weighted by Crippen LogP contribution is -2.16. The van der Waals surface area contributed by atoms with E-state index in [2.05, 4.69) is 20.8 Å². The standard InChI is InChI=1S/C11H22O/c1-4-8(2)7-10-5-6-11(12)9(10)3/h8-12H,4-7H2,1-3H3. The Hall–Kier alpha value is -0.0400. The molecule has 12 heavy (non-hydrogen) atoms. The number of rotatable bonds is 3. The van der Waals surface area contributed by atoms with E-state index in [1.165, 1.54) is 19.3 Å². The molecule has 0 amide bonds. The lowest BCUT2D eigenvalue weighted by molar-refractivity contribution is 0.122. The first-order valence-corrected chi connectivity index (χ1v) is 5.33. The summed E-state index contributed by atoms with van der Waals surface area (Å²) in [4.78, 5) is 0. The molecule has 0 heterocycles. The Morgan fingerprint density at radius 1 is 1.42 bits per heavy atom. The minimum Gasteiger partial charge on any atom is -0.393 e. The first kappa shape index (κ1) is 10.0. The highest BCUT2D eigenvalue weighted by Gasteiger charge is 2.31. The first-order valence-electron chi connectivity index (χ1n) is 5.33. The normalized spacial score (nSPS) is 38.5. The van der Waals surface area contributed by atoms with Crippen molar-refractivity contribution in [2.45, 2.75) is 52.6 Å². The third-order valence-corrected chi connectivity index (χ3v) is 3.59. The number of aliphatic hydroxyl groups is 1. The van der Waals surface area contributed by atoms with Crippen molar-refractivity contribution < 1.29 is 5.11 Å². The van der Waals surface area contributed by atoms with Crippen LogP contribution in [0, 0.1) is 17.8 Å². The molecule has 0 radical (unpaired) electrons. The van der Waals surface area contributed by atoms with E-state index in [1.807, 2.05) is 0 Å². The van der Waals surface area contributed by atoms with Crippen LogP contribution in [0.3, 0.4) is 0 Å². The van der Waals surface area contributed by atoms with Gasteiger partial charge in [0.15, 0.2) is 0 Å². The minimum absolute atomic E-state index is 0.0148. The maximum Gasteiger partial charge on any atom is 0.0568 e. The number of aliphatic hydroxyl groups excluding tert-OH is 1. The van der Waals surface area contributed by atoms with E-state index in [0.29, 0.717) is 5.92 Å². The lowest BCUT2D eigenvalue weighted by Gasteiger charge is -2.20. The minimum atomic E-state index is -0.0148. The molecule has 1 fully saturated rings. The van der Waals surface area contributed by atoms with Gasteiger partial charge in [-0.2, -0.15) is 0 Å². The van der Waals surface area contributed by atoms with Crippen LogP contribution in [0.4, 0.5) is 0 Å². The summed E-state index contributed by atoms with van der Waals surface area (Å²) >= 11 is 0. The predicted octanol–water partition coefficient (Wildman–Crippen LogP) is 2.83. The Balaban J connectivity index is 2.33. The molecule has 0 bridgehead atoms. The van der Waals surface area contributed by atoms with Crippen LogP contribution < -0.4 is 0 Å². The lowest BCUT2D eigenvalue weighted by atomic mass is 9.87. The van der Waals surface area contributed by atoms with Crippen LogP contribution in [0.15, 0.2) is 0 Å². The van der Waals surface area contributed by atoms with Gasteiger partial charge in [-0.1, -0.05) is 27.2 Å². The van der Waals surface area contributed by atoms with Gasteiger partial charge in [-0.15, -0.1) is 0 Å². The highest BCUT2D eigenvalue weighted by molar-refractivity contribution is 4.82. The molecule has 0 saturated heterocycles. The SMILES string of the molecule is CCC(C)CC1CCC(O)C1C.